The SMILES string of the molecule is CCCn1ncc(Br)c1C(O)CCc1ccc(C)cc1. The van der Waals surface area contributed by atoms with E-state index < -0.39 is 6.10 Å². The highest BCUT2D eigenvalue weighted by molar-refractivity contribution is 9.10. The van der Waals surface area contributed by atoms with Gasteiger partial charge in [0.2, 0.25) is 0 Å². The molecule has 1 atom stereocenters. The Morgan fingerprint density at radius 1 is 1.30 bits per heavy atom. The summed E-state index contributed by atoms with van der Waals surface area (Å²) >= 11 is 3.48. The van der Waals surface area contributed by atoms with E-state index in [1.807, 2.05) is 4.68 Å². The minimum absolute atomic E-state index is 0.486. The molecule has 1 heterocycles. The van der Waals surface area contributed by atoms with Crippen LogP contribution in [0.2, 0.25) is 0 Å². The largest absolute Gasteiger partial charge is 0.387 e. The number of aliphatic hydroxyl groups excluding tert-OH is 1. The molecular weight excluding hydrogens is 316 g/mol. The van der Waals surface area contributed by atoms with Crippen molar-refractivity contribution in [2.24, 2.45) is 0 Å². The van der Waals surface area contributed by atoms with Gasteiger partial charge in [0, 0.05) is 6.54 Å². The van der Waals surface area contributed by atoms with E-state index in [4.69, 9.17) is 0 Å². The molecule has 0 fully saturated rings. The molecule has 2 aromatic rings. The van der Waals surface area contributed by atoms with Crippen LogP contribution < -0.4 is 0 Å². The number of aromatic nitrogens is 2. The number of benzene rings is 1. The van der Waals surface area contributed by atoms with Gasteiger partial charge in [-0.2, -0.15) is 5.10 Å². The molecule has 0 amide bonds. The number of halogens is 1. The molecule has 108 valence electrons. The fourth-order valence-corrected chi connectivity index (χ4v) is 2.85. The Balaban J connectivity index is 2.02. The van der Waals surface area contributed by atoms with Gasteiger partial charge in [-0.05, 0) is 47.7 Å². The van der Waals surface area contributed by atoms with Crippen LogP contribution in [-0.4, -0.2) is 14.9 Å². The van der Waals surface area contributed by atoms with Crippen LogP contribution in [0.5, 0.6) is 0 Å². The Bertz CT molecular complexity index is 548. The van der Waals surface area contributed by atoms with Crippen LogP contribution in [0.25, 0.3) is 0 Å². The summed E-state index contributed by atoms with van der Waals surface area (Å²) in [5, 5.41) is 14.7. The van der Waals surface area contributed by atoms with Crippen LogP contribution in [0.15, 0.2) is 34.9 Å². The van der Waals surface area contributed by atoms with Gasteiger partial charge in [-0.1, -0.05) is 36.8 Å². The number of rotatable bonds is 6. The van der Waals surface area contributed by atoms with E-state index in [0.29, 0.717) is 6.42 Å². The molecule has 0 aliphatic rings. The maximum atomic E-state index is 10.4. The summed E-state index contributed by atoms with van der Waals surface area (Å²) in [6.45, 7) is 5.03. The maximum absolute atomic E-state index is 10.4. The third-order valence-corrected chi connectivity index (χ3v) is 4.02. The minimum Gasteiger partial charge on any atom is -0.387 e. The predicted molar refractivity (Wildman–Crippen MR) is 84.7 cm³/mol. The molecule has 4 heteroatoms. The van der Waals surface area contributed by atoms with Gasteiger partial charge in [0.05, 0.1) is 22.5 Å². The lowest BCUT2D eigenvalue weighted by Gasteiger charge is -2.14. The second-order valence-corrected chi connectivity index (χ2v) is 6.00. The standard InChI is InChI=1S/C16H21BrN2O/c1-3-10-19-16(14(17)11-18-19)15(20)9-8-13-6-4-12(2)5-7-13/h4-7,11,15,20H,3,8-10H2,1-2H3. The van der Waals surface area contributed by atoms with Gasteiger partial charge in [-0.25, -0.2) is 0 Å². The summed E-state index contributed by atoms with van der Waals surface area (Å²) in [6.07, 6.45) is 3.86. The van der Waals surface area contributed by atoms with Crippen LogP contribution in [0.3, 0.4) is 0 Å². The molecule has 1 N–H and O–H groups in total. The Morgan fingerprint density at radius 2 is 2.00 bits per heavy atom. The number of nitrogens with zero attached hydrogens (tertiary/aromatic N) is 2. The zero-order chi connectivity index (χ0) is 14.5. The fraction of sp³-hybridized carbons (Fsp3) is 0.438. The maximum Gasteiger partial charge on any atom is 0.0971 e. The summed E-state index contributed by atoms with van der Waals surface area (Å²) in [6, 6.07) is 8.47. The zero-order valence-electron chi connectivity index (χ0n) is 12.0. The average molecular weight is 337 g/mol. The van der Waals surface area contributed by atoms with E-state index in [0.717, 1.165) is 29.6 Å². The fourth-order valence-electron chi connectivity index (χ4n) is 2.29. The molecule has 20 heavy (non-hydrogen) atoms. The van der Waals surface area contributed by atoms with Crippen LogP contribution in [0.1, 0.15) is 42.7 Å². The van der Waals surface area contributed by atoms with Crippen molar-refractivity contribution >= 4 is 15.9 Å². The first-order chi connectivity index (χ1) is 9.61. The van der Waals surface area contributed by atoms with Gasteiger partial charge >= 0.3 is 0 Å². The van der Waals surface area contributed by atoms with Crippen LogP contribution in [0, 0.1) is 6.92 Å². The van der Waals surface area contributed by atoms with E-state index >= 15 is 0 Å². The molecule has 0 saturated heterocycles. The Labute approximate surface area is 128 Å². The van der Waals surface area contributed by atoms with Gasteiger partial charge in [0.15, 0.2) is 0 Å². The Morgan fingerprint density at radius 3 is 2.65 bits per heavy atom. The van der Waals surface area contributed by atoms with E-state index in [1.54, 1.807) is 6.20 Å². The van der Waals surface area contributed by atoms with Gasteiger partial charge < -0.3 is 5.11 Å². The van der Waals surface area contributed by atoms with Crippen molar-refractivity contribution in [1.82, 2.24) is 9.78 Å². The van der Waals surface area contributed by atoms with Gasteiger partial charge in [0.1, 0.15) is 0 Å². The quantitative estimate of drug-likeness (QED) is 0.864. The Kier molecular flexibility index (Phi) is 5.38. The number of aryl methyl sites for hydroxylation is 3. The molecule has 0 aliphatic carbocycles. The summed E-state index contributed by atoms with van der Waals surface area (Å²) in [5.74, 6) is 0. The number of hydrogen-bond acceptors (Lipinski definition) is 2. The molecule has 1 aromatic heterocycles. The highest BCUT2D eigenvalue weighted by Crippen LogP contribution is 2.27. The molecular formula is C16H21BrN2O. The van der Waals surface area contributed by atoms with Crippen LogP contribution in [0.4, 0.5) is 0 Å². The lowest BCUT2D eigenvalue weighted by Crippen LogP contribution is -2.10. The molecule has 0 aliphatic heterocycles. The lowest BCUT2D eigenvalue weighted by molar-refractivity contribution is 0.155. The topological polar surface area (TPSA) is 38.0 Å². The van der Waals surface area contributed by atoms with Gasteiger partial charge in [0.25, 0.3) is 0 Å². The van der Waals surface area contributed by atoms with Crippen molar-refractivity contribution in [3.63, 3.8) is 0 Å². The lowest BCUT2D eigenvalue weighted by atomic mass is 10.0. The summed E-state index contributed by atoms with van der Waals surface area (Å²) in [4.78, 5) is 0. The number of aliphatic hydroxyl groups is 1. The van der Waals surface area contributed by atoms with Crippen LogP contribution in [-0.2, 0) is 13.0 Å². The summed E-state index contributed by atoms with van der Waals surface area (Å²) < 4.78 is 2.78. The molecule has 1 unspecified atom stereocenters. The summed E-state index contributed by atoms with van der Waals surface area (Å²) in [7, 11) is 0. The van der Waals surface area contributed by atoms with Crippen molar-refractivity contribution in [3.05, 3.63) is 51.8 Å². The van der Waals surface area contributed by atoms with Crippen LogP contribution >= 0.6 is 15.9 Å². The van der Waals surface area contributed by atoms with E-state index in [2.05, 4.69) is 59.1 Å². The summed E-state index contributed by atoms with van der Waals surface area (Å²) in [5.41, 5.74) is 3.41. The molecule has 0 spiro atoms. The highest BCUT2D eigenvalue weighted by atomic mass is 79.9. The van der Waals surface area contributed by atoms with Crippen molar-refractivity contribution in [1.29, 1.82) is 0 Å². The monoisotopic (exact) mass is 336 g/mol. The zero-order valence-corrected chi connectivity index (χ0v) is 13.6. The normalized spacial score (nSPS) is 12.6. The van der Waals surface area contributed by atoms with Gasteiger partial charge in [-0.3, -0.25) is 4.68 Å². The molecule has 0 saturated carbocycles. The highest BCUT2D eigenvalue weighted by Gasteiger charge is 2.17. The molecule has 0 bridgehead atoms. The first-order valence-corrected chi connectivity index (χ1v) is 7.86. The third kappa shape index (κ3) is 3.70. The van der Waals surface area contributed by atoms with Crippen molar-refractivity contribution < 1.29 is 5.11 Å². The van der Waals surface area contributed by atoms with E-state index in [1.165, 1.54) is 11.1 Å². The number of hydrogen-bond donors (Lipinski definition) is 1. The van der Waals surface area contributed by atoms with E-state index in [-0.39, 0.29) is 0 Å². The van der Waals surface area contributed by atoms with Gasteiger partial charge in [-0.15, -0.1) is 0 Å². The Hall–Kier alpha value is -1.13. The second-order valence-electron chi connectivity index (χ2n) is 5.14. The molecule has 0 radical (unpaired) electrons. The predicted octanol–water partition coefficient (Wildman–Crippen LogP) is 4.03. The van der Waals surface area contributed by atoms with Crippen molar-refractivity contribution in [2.45, 2.75) is 45.8 Å². The third-order valence-electron chi connectivity index (χ3n) is 3.41. The second kappa shape index (κ2) is 7.04. The van der Waals surface area contributed by atoms with Crippen molar-refractivity contribution in [3.8, 4) is 0 Å². The first-order valence-electron chi connectivity index (χ1n) is 7.06. The molecule has 1 aromatic carbocycles. The average Bonchev–Trinajstić information content (AvgIpc) is 2.79. The van der Waals surface area contributed by atoms with E-state index in [9.17, 15) is 5.11 Å². The minimum atomic E-state index is -0.486. The molecule has 2 rings (SSSR count). The molecule has 3 nitrogen and oxygen atoms in total. The smallest absolute Gasteiger partial charge is 0.0971 e. The first kappa shape index (κ1) is 15.3. The van der Waals surface area contributed by atoms with Crippen molar-refractivity contribution in [2.75, 3.05) is 0 Å².